The van der Waals surface area contributed by atoms with E-state index in [0.29, 0.717) is 6.54 Å². The number of aryl methyl sites for hydroxylation is 1. The highest BCUT2D eigenvalue weighted by atomic mass is 16.2. The van der Waals surface area contributed by atoms with Crippen LogP contribution in [0.25, 0.3) is 0 Å². The lowest BCUT2D eigenvalue weighted by atomic mass is 10.1. The van der Waals surface area contributed by atoms with E-state index < -0.39 is 0 Å². The third kappa shape index (κ3) is 3.10. The van der Waals surface area contributed by atoms with Crippen molar-refractivity contribution in [3.05, 3.63) is 69.6 Å². The lowest BCUT2D eigenvalue weighted by Crippen LogP contribution is -2.30. The van der Waals surface area contributed by atoms with Crippen LogP contribution in [0.15, 0.2) is 47.5 Å². The van der Waals surface area contributed by atoms with E-state index in [1.54, 1.807) is 7.05 Å². The van der Waals surface area contributed by atoms with Gasteiger partial charge in [0, 0.05) is 32.1 Å². The zero-order valence-electron chi connectivity index (χ0n) is 11.0. The van der Waals surface area contributed by atoms with Gasteiger partial charge in [-0.2, -0.15) is 0 Å². The lowest BCUT2D eigenvalue weighted by Gasteiger charge is -2.17. The van der Waals surface area contributed by atoms with Crippen LogP contribution in [0.4, 0.5) is 0 Å². The van der Waals surface area contributed by atoms with Crippen LogP contribution in [-0.2, 0) is 6.54 Å². The van der Waals surface area contributed by atoms with E-state index in [2.05, 4.69) is 4.98 Å². The fraction of sp³-hybridized carbons (Fsp3) is 0.200. The predicted octanol–water partition coefficient (Wildman–Crippen LogP) is 1.96. The van der Waals surface area contributed by atoms with Gasteiger partial charge in [0.2, 0.25) is 0 Å². The molecule has 0 bridgehead atoms. The quantitative estimate of drug-likeness (QED) is 0.912. The summed E-state index contributed by atoms with van der Waals surface area (Å²) in [5, 5.41) is 0. The molecule has 0 aliphatic rings. The summed E-state index contributed by atoms with van der Waals surface area (Å²) in [6.07, 6.45) is 2.95. The van der Waals surface area contributed by atoms with Gasteiger partial charge in [-0.3, -0.25) is 9.59 Å². The summed E-state index contributed by atoms with van der Waals surface area (Å²) in [6.45, 7) is 2.50. The Bertz CT molecular complexity index is 629. The number of aromatic amines is 1. The Kier molecular flexibility index (Phi) is 3.80. The van der Waals surface area contributed by atoms with Gasteiger partial charge in [0.15, 0.2) is 5.43 Å². The average Bonchev–Trinajstić information content (AvgIpc) is 2.41. The minimum atomic E-state index is -0.276. The Morgan fingerprint density at radius 3 is 2.53 bits per heavy atom. The SMILES string of the molecule is Cc1ccc(CN(C)C(=O)c2c[nH]ccc2=O)cc1. The van der Waals surface area contributed by atoms with Gasteiger partial charge < -0.3 is 9.88 Å². The molecule has 4 heteroatoms. The van der Waals surface area contributed by atoms with Crippen LogP contribution in [0.3, 0.4) is 0 Å². The summed E-state index contributed by atoms with van der Waals surface area (Å²) < 4.78 is 0. The number of nitrogens with zero attached hydrogens (tertiary/aromatic N) is 1. The highest BCUT2D eigenvalue weighted by molar-refractivity contribution is 5.93. The molecule has 0 aliphatic carbocycles. The number of hydrogen-bond acceptors (Lipinski definition) is 2. The molecule has 98 valence electrons. The molecule has 2 aromatic rings. The zero-order valence-corrected chi connectivity index (χ0v) is 11.0. The van der Waals surface area contributed by atoms with E-state index in [9.17, 15) is 9.59 Å². The highest BCUT2D eigenvalue weighted by Crippen LogP contribution is 2.07. The number of pyridine rings is 1. The largest absolute Gasteiger partial charge is 0.367 e. The highest BCUT2D eigenvalue weighted by Gasteiger charge is 2.14. The van der Waals surface area contributed by atoms with Crippen molar-refractivity contribution in [2.75, 3.05) is 7.05 Å². The van der Waals surface area contributed by atoms with Crippen molar-refractivity contribution in [2.24, 2.45) is 0 Å². The van der Waals surface area contributed by atoms with Gasteiger partial charge in [0.05, 0.1) is 0 Å². The fourth-order valence-corrected chi connectivity index (χ4v) is 1.83. The van der Waals surface area contributed by atoms with Crippen LogP contribution in [0.1, 0.15) is 21.5 Å². The molecule has 4 nitrogen and oxygen atoms in total. The Morgan fingerprint density at radius 1 is 1.21 bits per heavy atom. The summed E-state index contributed by atoms with van der Waals surface area (Å²) in [5.74, 6) is -0.276. The average molecular weight is 256 g/mol. The third-order valence-electron chi connectivity index (χ3n) is 2.94. The Hall–Kier alpha value is -2.36. The van der Waals surface area contributed by atoms with E-state index >= 15 is 0 Å². The fourth-order valence-electron chi connectivity index (χ4n) is 1.83. The van der Waals surface area contributed by atoms with Crippen molar-refractivity contribution in [2.45, 2.75) is 13.5 Å². The number of nitrogens with one attached hydrogen (secondary N) is 1. The molecular weight excluding hydrogens is 240 g/mol. The first-order chi connectivity index (χ1) is 9.08. The van der Waals surface area contributed by atoms with Gasteiger partial charge in [-0.05, 0) is 12.5 Å². The maximum atomic E-state index is 12.1. The monoisotopic (exact) mass is 256 g/mol. The molecule has 0 atom stereocenters. The molecule has 1 aromatic carbocycles. The first kappa shape index (κ1) is 13.1. The molecule has 2 rings (SSSR count). The summed E-state index contributed by atoms with van der Waals surface area (Å²) in [6, 6.07) is 9.32. The molecule has 1 amide bonds. The summed E-state index contributed by atoms with van der Waals surface area (Å²) in [5.41, 5.74) is 2.11. The van der Waals surface area contributed by atoms with Crippen molar-refractivity contribution in [3.63, 3.8) is 0 Å². The lowest BCUT2D eigenvalue weighted by molar-refractivity contribution is 0.0783. The van der Waals surface area contributed by atoms with Crippen molar-refractivity contribution in [1.29, 1.82) is 0 Å². The molecule has 19 heavy (non-hydrogen) atoms. The van der Waals surface area contributed by atoms with Crippen molar-refractivity contribution in [3.8, 4) is 0 Å². The molecule has 0 saturated carbocycles. The number of aromatic nitrogens is 1. The van der Waals surface area contributed by atoms with Crippen LogP contribution in [0.5, 0.6) is 0 Å². The standard InChI is InChI=1S/C15H16N2O2/c1-11-3-5-12(6-4-11)10-17(2)15(19)13-9-16-8-7-14(13)18/h3-9H,10H2,1-2H3,(H,16,18). The van der Waals surface area contributed by atoms with E-state index in [0.717, 1.165) is 5.56 Å². The number of amides is 1. The van der Waals surface area contributed by atoms with Gasteiger partial charge in [-0.1, -0.05) is 29.8 Å². The van der Waals surface area contributed by atoms with Crippen molar-refractivity contribution in [1.82, 2.24) is 9.88 Å². The molecule has 0 saturated heterocycles. The molecular formula is C15H16N2O2. The summed E-state index contributed by atoms with van der Waals surface area (Å²) >= 11 is 0. The zero-order chi connectivity index (χ0) is 13.8. The van der Waals surface area contributed by atoms with Crippen LogP contribution in [-0.4, -0.2) is 22.8 Å². The number of carbonyl (C=O) groups is 1. The molecule has 0 radical (unpaired) electrons. The molecule has 0 spiro atoms. The van der Waals surface area contributed by atoms with E-state index in [-0.39, 0.29) is 16.9 Å². The molecule has 1 heterocycles. The van der Waals surface area contributed by atoms with Gasteiger partial charge in [-0.25, -0.2) is 0 Å². The topological polar surface area (TPSA) is 53.2 Å². The first-order valence-electron chi connectivity index (χ1n) is 6.06. The second-order valence-electron chi connectivity index (χ2n) is 4.57. The second kappa shape index (κ2) is 5.52. The molecule has 1 aromatic heterocycles. The number of H-pyrrole nitrogens is 1. The summed E-state index contributed by atoms with van der Waals surface area (Å²) in [7, 11) is 1.69. The maximum Gasteiger partial charge on any atom is 0.259 e. The van der Waals surface area contributed by atoms with E-state index in [1.807, 2.05) is 31.2 Å². The Morgan fingerprint density at radius 2 is 1.89 bits per heavy atom. The van der Waals surface area contributed by atoms with Gasteiger partial charge in [0.1, 0.15) is 5.56 Å². The van der Waals surface area contributed by atoms with Crippen molar-refractivity contribution < 1.29 is 4.79 Å². The van der Waals surface area contributed by atoms with Crippen molar-refractivity contribution >= 4 is 5.91 Å². The number of rotatable bonds is 3. The molecule has 0 unspecified atom stereocenters. The minimum absolute atomic E-state index is 0.164. The van der Waals surface area contributed by atoms with Crippen LogP contribution >= 0.6 is 0 Å². The second-order valence-corrected chi connectivity index (χ2v) is 4.57. The smallest absolute Gasteiger partial charge is 0.259 e. The minimum Gasteiger partial charge on any atom is -0.367 e. The molecule has 0 fully saturated rings. The van der Waals surface area contributed by atoms with Crippen LogP contribution in [0.2, 0.25) is 0 Å². The number of benzene rings is 1. The third-order valence-corrected chi connectivity index (χ3v) is 2.94. The normalized spacial score (nSPS) is 10.2. The van der Waals surface area contributed by atoms with Gasteiger partial charge >= 0.3 is 0 Å². The number of carbonyl (C=O) groups excluding carboxylic acids is 1. The molecule has 0 aliphatic heterocycles. The summed E-state index contributed by atoms with van der Waals surface area (Å²) in [4.78, 5) is 28.0. The Labute approximate surface area is 111 Å². The van der Waals surface area contributed by atoms with Gasteiger partial charge in [0.25, 0.3) is 5.91 Å². The van der Waals surface area contributed by atoms with Crippen LogP contribution in [0, 0.1) is 6.92 Å². The maximum absolute atomic E-state index is 12.1. The van der Waals surface area contributed by atoms with Crippen LogP contribution < -0.4 is 5.43 Å². The number of hydrogen-bond donors (Lipinski definition) is 1. The van der Waals surface area contributed by atoms with Gasteiger partial charge in [-0.15, -0.1) is 0 Å². The molecule has 1 N–H and O–H groups in total. The predicted molar refractivity (Wildman–Crippen MR) is 74.0 cm³/mol. The van der Waals surface area contributed by atoms with E-state index in [1.165, 1.54) is 28.9 Å². The van der Waals surface area contributed by atoms with E-state index in [4.69, 9.17) is 0 Å². The Balaban J connectivity index is 2.14. The first-order valence-corrected chi connectivity index (χ1v) is 6.06.